The molecule has 0 bridgehead atoms. The summed E-state index contributed by atoms with van der Waals surface area (Å²) in [6.45, 7) is 4.19. The first-order valence-electron chi connectivity index (χ1n) is 6.94. The number of hydrogen-bond donors (Lipinski definition) is 1. The molecule has 6 heteroatoms. The van der Waals surface area contributed by atoms with Crippen LogP contribution in [0.1, 0.15) is 11.1 Å². The highest BCUT2D eigenvalue weighted by Gasteiger charge is 2.12. The number of nitrogens with zero attached hydrogens (tertiary/aromatic N) is 3. The van der Waals surface area contributed by atoms with E-state index in [0.29, 0.717) is 5.82 Å². The molecule has 1 amide bonds. The number of benzene rings is 1. The van der Waals surface area contributed by atoms with Gasteiger partial charge < -0.3 is 10.2 Å². The number of amides is 1. The highest BCUT2D eigenvalue weighted by Crippen LogP contribution is 2.19. The van der Waals surface area contributed by atoms with Crippen LogP contribution >= 0.6 is 11.8 Å². The maximum atomic E-state index is 12.2. The molecule has 0 aliphatic heterocycles. The third kappa shape index (κ3) is 3.98. The summed E-state index contributed by atoms with van der Waals surface area (Å²) < 4.78 is 0. The van der Waals surface area contributed by atoms with Gasteiger partial charge in [0, 0.05) is 12.7 Å². The van der Waals surface area contributed by atoms with Crippen LogP contribution in [0.5, 0.6) is 0 Å². The predicted molar refractivity (Wildman–Crippen MR) is 91.6 cm³/mol. The molecule has 1 aromatic heterocycles. The normalized spacial score (nSPS) is 10.4. The van der Waals surface area contributed by atoms with Gasteiger partial charge in [-0.2, -0.15) is 0 Å². The number of thioether (sulfide) groups is 1. The molecule has 0 aliphatic carbocycles. The summed E-state index contributed by atoms with van der Waals surface area (Å²) >= 11 is 1.52. The Morgan fingerprint density at radius 3 is 2.59 bits per heavy atom. The Bertz CT molecular complexity index is 655. The molecule has 1 aromatic carbocycles. The lowest BCUT2D eigenvalue weighted by molar-refractivity contribution is -0.114. The number of carbonyl (C=O) groups excluding carboxylic acids is 1. The first-order chi connectivity index (χ1) is 10.5. The first kappa shape index (κ1) is 16.3. The number of likely N-dealkylation sites (N-methyl/N-ethyl adjacent to an activating group) is 1. The van der Waals surface area contributed by atoms with Crippen LogP contribution in [0.2, 0.25) is 0 Å². The molecule has 5 nitrogen and oxygen atoms in total. The SMILES string of the molecule is CSc1cncc(N(C)CC(=O)Nc2c(C)cccc2C)n1. The third-order valence-corrected chi connectivity index (χ3v) is 3.94. The standard InChI is InChI=1S/C16H20N4OS/c1-11-6-5-7-12(2)16(11)19-14(21)10-20(3)13-8-17-9-15(18-13)22-4/h5-9H,10H2,1-4H3,(H,19,21). The van der Waals surface area contributed by atoms with Gasteiger partial charge in [0.15, 0.2) is 0 Å². The number of para-hydroxylation sites is 1. The molecular formula is C16H20N4OS. The number of nitrogens with one attached hydrogen (secondary N) is 1. The van der Waals surface area contributed by atoms with Crippen LogP contribution in [0, 0.1) is 13.8 Å². The van der Waals surface area contributed by atoms with Gasteiger partial charge in [-0.05, 0) is 31.2 Å². The van der Waals surface area contributed by atoms with Crippen LogP contribution in [0.3, 0.4) is 0 Å². The van der Waals surface area contributed by atoms with E-state index in [0.717, 1.165) is 21.8 Å². The average Bonchev–Trinajstić information content (AvgIpc) is 2.51. The summed E-state index contributed by atoms with van der Waals surface area (Å²) in [5, 5.41) is 3.81. The van der Waals surface area contributed by atoms with Gasteiger partial charge in [-0.1, -0.05) is 18.2 Å². The fraction of sp³-hybridized carbons (Fsp3) is 0.312. The van der Waals surface area contributed by atoms with Gasteiger partial charge in [0.1, 0.15) is 10.8 Å². The number of aromatic nitrogens is 2. The molecule has 116 valence electrons. The molecule has 0 unspecified atom stereocenters. The van der Waals surface area contributed by atoms with E-state index in [1.54, 1.807) is 17.3 Å². The Kier molecular flexibility index (Phi) is 5.38. The largest absolute Gasteiger partial charge is 0.349 e. The van der Waals surface area contributed by atoms with Gasteiger partial charge in [-0.15, -0.1) is 11.8 Å². The molecule has 0 radical (unpaired) electrons. The first-order valence-corrected chi connectivity index (χ1v) is 8.17. The Hall–Kier alpha value is -2.08. The van der Waals surface area contributed by atoms with E-state index in [-0.39, 0.29) is 12.5 Å². The zero-order valence-corrected chi connectivity index (χ0v) is 14.1. The van der Waals surface area contributed by atoms with E-state index in [1.165, 1.54) is 11.8 Å². The summed E-state index contributed by atoms with van der Waals surface area (Å²) in [7, 11) is 1.83. The molecule has 2 aromatic rings. The van der Waals surface area contributed by atoms with Crippen molar-refractivity contribution in [2.45, 2.75) is 18.9 Å². The molecule has 0 saturated heterocycles. The number of hydrogen-bond acceptors (Lipinski definition) is 5. The fourth-order valence-corrected chi connectivity index (χ4v) is 2.46. The van der Waals surface area contributed by atoms with E-state index in [4.69, 9.17) is 0 Å². The third-order valence-electron chi connectivity index (χ3n) is 3.33. The highest BCUT2D eigenvalue weighted by atomic mass is 32.2. The summed E-state index contributed by atoms with van der Waals surface area (Å²) in [5.74, 6) is 0.611. The second-order valence-corrected chi connectivity index (χ2v) is 5.92. The maximum absolute atomic E-state index is 12.2. The number of rotatable bonds is 5. The van der Waals surface area contributed by atoms with Crippen LogP contribution in [0.25, 0.3) is 0 Å². The lowest BCUT2D eigenvalue weighted by Crippen LogP contribution is -2.31. The predicted octanol–water partition coefficient (Wildman–Crippen LogP) is 2.89. The van der Waals surface area contributed by atoms with Crippen molar-refractivity contribution < 1.29 is 4.79 Å². The lowest BCUT2D eigenvalue weighted by Gasteiger charge is -2.18. The van der Waals surface area contributed by atoms with Gasteiger partial charge in [0.2, 0.25) is 5.91 Å². The van der Waals surface area contributed by atoms with Crippen LogP contribution in [-0.2, 0) is 4.79 Å². The Labute approximate surface area is 135 Å². The summed E-state index contributed by atoms with van der Waals surface area (Å²) in [5.41, 5.74) is 2.99. The van der Waals surface area contributed by atoms with E-state index in [9.17, 15) is 4.79 Å². The molecular weight excluding hydrogens is 296 g/mol. The Morgan fingerprint density at radius 1 is 1.27 bits per heavy atom. The van der Waals surface area contributed by atoms with Gasteiger partial charge in [0.25, 0.3) is 0 Å². The number of anilines is 2. The monoisotopic (exact) mass is 316 g/mol. The smallest absolute Gasteiger partial charge is 0.243 e. The van der Waals surface area contributed by atoms with Gasteiger partial charge in [-0.3, -0.25) is 9.78 Å². The minimum atomic E-state index is -0.0729. The quantitative estimate of drug-likeness (QED) is 0.860. The second kappa shape index (κ2) is 7.26. The van der Waals surface area contributed by atoms with Crippen molar-refractivity contribution in [1.29, 1.82) is 0 Å². The van der Waals surface area contributed by atoms with Crippen molar-refractivity contribution in [3.63, 3.8) is 0 Å². The summed E-state index contributed by atoms with van der Waals surface area (Å²) in [6, 6.07) is 5.95. The van der Waals surface area contributed by atoms with Crippen molar-refractivity contribution in [1.82, 2.24) is 9.97 Å². The summed E-state index contributed by atoms with van der Waals surface area (Å²) in [4.78, 5) is 22.6. The molecule has 1 heterocycles. The highest BCUT2D eigenvalue weighted by molar-refractivity contribution is 7.98. The lowest BCUT2D eigenvalue weighted by atomic mass is 10.1. The molecule has 0 spiro atoms. The molecule has 0 saturated carbocycles. The molecule has 22 heavy (non-hydrogen) atoms. The maximum Gasteiger partial charge on any atom is 0.243 e. The fourth-order valence-electron chi connectivity index (χ4n) is 2.11. The molecule has 2 rings (SSSR count). The van der Waals surface area contributed by atoms with Crippen molar-refractivity contribution >= 4 is 29.2 Å². The van der Waals surface area contributed by atoms with Crippen LogP contribution in [-0.4, -0.2) is 35.7 Å². The van der Waals surface area contributed by atoms with E-state index >= 15 is 0 Å². The van der Waals surface area contributed by atoms with E-state index < -0.39 is 0 Å². The zero-order valence-electron chi connectivity index (χ0n) is 13.3. The molecule has 0 fully saturated rings. The van der Waals surface area contributed by atoms with E-state index in [2.05, 4.69) is 15.3 Å². The van der Waals surface area contributed by atoms with Gasteiger partial charge >= 0.3 is 0 Å². The Morgan fingerprint density at radius 2 is 1.95 bits per heavy atom. The van der Waals surface area contributed by atoms with Crippen molar-refractivity contribution in [3.05, 3.63) is 41.7 Å². The zero-order chi connectivity index (χ0) is 16.1. The van der Waals surface area contributed by atoms with Crippen LogP contribution in [0.15, 0.2) is 35.6 Å². The molecule has 0 atom stereocenters. The van der Waals surface area contributed by atoms with E-state index in [1.807, 2.05) is 45.4 Å². The van der Waals surface area contributed by atoms with Crippen molar-refractivity contribution in [3.8, 4) is 0 Å². The molecule has 1 N–H and O–H groups in total. The minimum absolute atomic E-state index is 0.0729. The summed E-state index contributed by atoms with van der Waals surface area (Å²) in [6.07, 6.45) is 5.31. The van der Waals surface area contributed by atoms with Gasteiger partial charge in [0.05, 0.1) is 18.9 Å². The number of carbonyl (C=O) groups is 1. The van der Waals surface area contributed by atoms with Crippen LogP contribution in [0.4, 0.5) is 11.5 Å². The van der Waals surface area contributed by atoms with Crippen molar-refractivity contribution in [2.75, 3.05) is 30.1 Å². The van der Waals surface area contributed by atoms with Gasteiger partial charge in [-0.25, -0.2) is 4.98 Å². The second-order valence-electron chi connectivity index (χ2n) is 5.09. The average molecular weight is 316 g/mol. The van der Waals surface area contributed by atoms with Crippen LogP contribution < -0.4 is 10.2 Å². The minimum Gasteiger partial charge on any atom is -0.349 e. The topological polar surface area (TPSA) is 58.1 Å². The Balaban J connectivity index is 2.05. The number of aryl methyl sites for hydroxylation is 2. The van der Waals surface area contributed by atoms with Crippen molar-refractivity contribution in [2.24, 2.45) is 0 Å². The molecule has 0 aliphatic rings.